The van der Waals surface area contributed by atoms with E-state index in [9.17, 15) is 0 Å². The van der Waals surface area contributed by atoms with Crippen molar-refractivity contribution in [1.29, 1.82) is 0 Å². The molecule has 3 saturated heterocycles. The van der Waals surface area contributed by atoms with Gasteiger partial charge in [0.1, 0.15) is 23.0 Å². The molecule has 4 atom stereocenters. The van der Waals surface area contributed by atoms with Crippen LogP contribution in [0.15, 0.2) is 42.5 Å². The van der Waals surface area contributed by atoms with Gasteiger partial charge in [0.15, 0.2) is 5.82 Å². The number of halogens is 2. The van der Waals surface area contributed by atoms with Gasteiger partial charge in [-0.05, 0) is 80.5 Å². The molecule has 0 saturated carbocycles. The number of hydrogen-bond donors (Lipinski definition) is 1. The number of aromatic nitrogens is 2. The summed E-state index contributed by atoms with van der Waals surface area (Å²) in [6, 6.07) is 14.0. The number of ether oxygens (including phenoxy) is 1. The average Bonchev–Trinajstić information content (AvgIpc) is 3.35. The molecule has 0 amide bonds. The molecule has 3 aliphatic heterocycles. The summed E-state index contributed by atoms with van der Waals surface area (Å²) in [7, 11) is 0. The molecule has 3 aliphatic rings. The van der Waals surface area contributed by atoms with Gasteiger partial charge in [-0.25, -0.2) is 18.7 Å². The van der Waals surface area contributed by atoms with Crippen molar-refractivity contribution in [3.63, 3.8) is 0 Å². The van der Waals surface area contributed by atoms with Crippen LogP contribution in [0, 0.1) is 11.6 Å². The predicted octanol–water partition coefficient (Wildman–Crippen LogP) is 6.66. The van der Waals surface area contributed by atoms with E-state index in [-0.39, 0.29) is 23.3 Å². The molecule has 232 valence electrons. The van der Waals surface area contributed by atoms with Gasteiger partial charge < -0.3 is 15.0 Å². The molecule has 2 bridgehead atoms. The van der Waals surface area contributed by atoms with Crippen LogP contribution in [0.1, 0.15) is 57.8 Å². The highest BCUT2D eigenvalue weighted by Crippen LogP contribution is 2.39. The molecular formula is C36H43F2N5O. The molecule has 3 aromatic carbocycles. The lowest BCUT2D eigenvalue weighted by Crippen LogP contribution is -2.51. The summed E-state index contributed by atoms with van der Waals surface area (Å²) >= 11 is 0. The third-order valence-corrected chi connectivity index (χ3v) is 9.69. The monoisotopic (exact) mass is 599 g/mol. The number of nitrogens with zero attached hydrogens (tertiary/aromatic N) is 4. The lowest BCUT2D eigenvalue weighted by molar-refractivity contribution is -0.0681. The number of hydrogen-bond acceptors (Lipinski definition) is 6. The number of piperazine rings is 1. The van der Waals surface area contributed by atoms with Crippen molar-refractivity contribution in [3.8, 4) is 11.1 Å². The SMILES string of the molecule is CCc1cccc2cccc(-c3c(F)cc4c(N5CC6CCC(C5)N6)nc(CCCCN5CC(C)OC(C)C5)nc4c3F)c12. The number of benzene rings is 3. The molecule has 1 N–H and O–H groups in total. The molecule has 0 spiro atoms. The molecular weight excluding hydrogens is 556 g/mol. The minimum absolute atomic E-state index is 0.00413. The number of nitrogens with one attached hydrogen (secondary N) is 1. The Bertz CT molecular complexity index is 1650. The quantitative estimate of drug-likeness (QED) is 0.229. The Hall–Kier alpha value is -3.20. The van der Waals surface area contributed by atoms with E-state index in [0.717, 1.165) is 81.2 Å². The summed E-state index contributed by atoms with van der Waals surface area (Å²) in [4.78, 5) is 14.5. The van der Waals surface area contributed by atoms with Crippen molar-refractivity contribution in [2.24, 2.45) is 0 Å². The first-order valence-corrected chi connectivity index (χ1v) is 16.5. The van der Waals surface area contributed by atoms with E-state index in [2.05, 4.69) is 35.9 Å². The molecule has 0 aliphatic carbocycles. The number of aryl methyl sites for hydroxylation is 2. The van der Waals surface area contributed by atoms with E-state index >= 15 is 8.78 Å². The van der Waals surface area contributed by atoms with E-state index in [1.54, 1.807) is 0 Å². The van der Waals surface area contributed by atoms with Crippen LogP contribution in [0.25, 0.3) is 32.8 Å². The molecule has 7 rings (SSSR count). The van der Waals surface area contributed by atoms with E-state index in [1.165, 1.54) is 6.07 Å². The Morgan fingerprint density at radius 2 is 1.66 bits per heavy atom. The Labute approximate surface area is 258 Å². The van der Waals surface area contributed by atoms with E-state index in [4.69, 9.17) is 14.7 Å². The van der Waals surface area contributed by atoms with Gasteiger partial charge >= 0.3 is 0 Å². The molecule has 0 radical (unpaired) electrons. The summed E-state index contributed by atoms with van der Waals surface area (Å²) in [5.41, 5.74) is 1.86. The van der Waals surface area contributed by atoms with Gasteiger partial charge in [0.05, 0.1) is 17.8 Å². The van der Waals surface area contributed by atoms with Crippen LogP contribution in [-0.2, 0) is 17.6 Å². The normalized spacial score (nSPS) is 24.1. The summed E-state index contributed by atoms with van der Waals surface area (Å²) < 4.78 is 38.9. The van der Waals surface area contributed by atoms with Gasteiger partial charge in [-0.15, -0.1) is 0 Å². The van der Waals surface area contributed by atoms with Gasteiger partial charge in [0, 0.05) is 50.1 Å². The Kier molecular flexibility index (Phi) is 8.25. The number of morpholine rings is 1. The zero-order chi connectivity index (χ0) is 30.4. The third-order valence-electron chi connectivity index (χ3n) is 9.69. The Morgan fingerprint density at radius 1 is 0.932 bits per heavy atom. The van der Waals surface area contributed by atoms with Crippen LogP contribution in [0.2, 0.25) is 0 Å². The molecule has 6 nitrogen and oxygen atoms in total. The van der Waals surface area contributed by atoms with Crippen LogP contribution in [0.5, 0.6) is 0 Å². The highest BCUT2D eigenvalue weighted by atomic mass is 19.1. The maximum atomic E-state index is 16.8. The second kappa shape index (κ2) is 12.3. The largest absolute Gasteiger partial charge is 0.373 e. The van der Waals surface area contributed by atoms with E-state index < -0.39 is 11.6 Å². The maximum absolute atomic E-state index is 16.8. The lowest BCUT2D eigenvalue weighted by atomic mass is 9.92. The minimum atomic E-state index is -0.599. The Morgan fingerprint density at radius 3 is 2.39 bits per heavy atom. The topological polar surface area (TPSA) is 53.5 Å². The molecule has 4 heterocycles. The summed E-state index contributed by atoms with van der Waals surface area (Å²) in [5, 5.41) is 6.00. The second-order valence-electron chi connectivity index (χ2n) is 13.1. The number of unbranched alkanes of at least 4 members (excludes halogenated alkanes) is 1. The van der Waals surface area contributed by atoms with Gasteiger partial charge in [-0.1, -0.05) is 43.3 Å². The molecule has 8 heteroatoms. The average molecular weight is 600 g/mol. The second-order valence-corrected chi connectivity index (χ2v) is 13.1. The molecule has 3 fully saturated rings. The van der Waals surface area contributed by atoms with Crippen molar-refractivity contribution in [3.05, 3.63) is 65.5 Å². The van der Waals surface area contributed by atoms with Crippen LogP contribution in [0.3, 0.4) is 0 Å². The summed E-state index contributed by atoms with van der Waals surface area (Å²) in [5.74, 6) is 0.122. The fourth-order valence-corrected chi connectivity index (χ4v) is 7.80. The van der Waals surface area contributed by atoms with Gasteiger partial charge in [0.2, 0.25) is 0 Å². The number of anilines is 1. The lowest BCUT2D eigenvalue weighted by Gasteiger charge is -2.35. The first-order chi connectivity index (χ1) is 21.4. The number of fused-ring (bicyclic) bond motifs is 4. The maximum Gasteiger partial charge on any atom is 0.160 e. The van der Waals surface area contributed by atoms with Gasteiger partial charge in [-0.2, -0.15) is 0 Å². The first kappa shape index (κ1) is 29.5. The Balaban J connectivity index is 1.27. The summed E-state index contributed by atoms with van der Waals surface area (Å²) in [6.45, 7) is 10.8. The van der Waals surface area contributed by atoms with Gasteiger partial charge in [-0.3, -0.25) is 4.90 Å². The zero-order valence-corrected chi connectivity index (χ0v) is 26.1. The summed E-state index contributed by atoms with van der Waals surface area (Å²) in [6.07, 6.45) is 6.04. The van der Waals surface area contributed by atoms with Crippen molar-refractivity contribution >= 4 is 27.5 Å². The highest BCUT2D eigenvalue weighted by molar-refractivity contribution is 6.02. The minimum Gasteiger partial charge on any atom is -0.373 e. The third kappa shape index (κ3) is 5.68. The van der Waals surface area contributed by atoms with Crippen LogP contribution < -0.4 is 10.2 Å². The van der Waals surface area contributed by atoms with Crippen molar-refractivity contribution < 1.29 is 13.5 Å². The van der Waals surface area contributed by atoms with Crippen molar-refractivity contribution in [1.82, 2.24) is 20.2 Å². The van der Waals surface area contributed by atoms with Crippen LogP contribution >= 0.6 is 0 Å². The fraction of sp³-hybridized carbons (Fsp3) is 0.500. The van der Waals surface area contributed by atoms with Crippen molar-refractivity contribution in [2.75, 3.05) is 37.6 Å². The smallest absolute Gasteiger partial charge is 0.160 e. The van der Waals surface area contributed by atoms with E-state index in [0.29, 0.717) is 41.1 Å². The molecule has 4 unspecified atom stereocenters. The standard InChI is InChI=1S/C36H43F2N5O/c1-4-24-9-7-10-25-11-8-12-28(32(24)25)33-30(37)17-29-35(34(33)38)40-31(13-5-6-16-42-18-22(2)44-23(3)19-42)41-36(29)43-20-26-14-15-27(21-43)39-26/h7-12,17,22-23,26-27,39H,4-6,13-16,18-21H2,1-3H3. The molecule has 4 aromatic rings. The van der Waals surface area contributed by atoms with E-state index in [1.807, 2.05) is 36.4 Å². The predicted molar refractivity (Wildman–Crippen MR) is 173 cm³/mol. The number of rotatable bonds is 8. The fourth-order valence-electron chi connectivity index (χ4n) is 7.80. The highest BCUT2D eigenvalue weighted by Gasteiger charge is 2.34. The zero-order valence-electron chi connectivity index (χ0n) is 26.1. The van der Waals surface area contributed by atoms with Crippen molar-refractivity contribution in [2.45, 2.75) is 83.6 Å². The first-order valence-electron chi connectivity index (χ1n) is 16.5. The molecule has 44 heavy (non-hydrogen) atoms. The molecule has 1 aromatic heterocycles. The van der Waals surface area contributed by atoms with Crippen LogP contribution in [-0.4, -0.2) is 71.9 Å². The van der Waals surface area contributed by atoms with Gasteiger partial charge in [0.25, 0.3) is 0 Å². The van der Waals surface area contributed by atoms with Crippen LogP contribution in [0.4, 0.5) is 14.6 Å².